The lowest BCUT2D eigenvalue weighted by molar-refractivity contribution is -0.134. The van der Waals surface area contributed by atoms with E-state index in [1.54, 1.807) is 21.6 Å². The number of amides is 1. The van der Waals surface area contributed by atoms with Gasteiger partial charge in [-0.05, 0) is 60.5 Å². The molecule has 0 saturated heterocycles. The molecule has 0 aliphatic carbocycles. The summed E-state index contributed by atoms with van der Waals surface area (Å²) in [6.45, 7) is 0.710. The van der Waals surface area contributed by atoms with Gasteiger partial charge in [-0.25, -0.2) is 28.4 Å². The Balaban J connectivity index is 1.46. The molecule has 2 heterocycles. The van der Waals surface area contributed by atoms with E-state index in [9.17, 15) is 22.4 Å². The molecule has 1 aliphatic heterocycles. The minimum absolute atomic E-state index is 0.121. The van der Waals surface area contributed by atoms with Gasteiger partial charge in [-0.15, -0.1) is 0 Å². The number of rotatable bonds is 6. The van der Waals surface area contributed by atoms with Crippen molar-refractivity contribution in [2.45, 2.75) is 25.6 Å². The first kappa shape index (κ1) is 25.4. The standard InChI is InChI=1S/C27H24F4N6O/c28-18-5-1-16(2-6-18)13-23(32)27(38)35-11-12-36-24(15-35)34-25(17-3-7-19(29)8-4-17)26(36)37(33)20-9-10-21(30)22(31)14-20/h1-10,14,23H,11-13,15,32-33H2/t23-/m0/s1. The van der Waals surface area contributed by atoms with Crippen LogP contribution in [0.25, 0.3) is 11.3 Å². The second-order valence-corrected chi connectivity index (χ2v) is 9.02. The molecule has 7 nitrogen and oxygen atoms in total. The predicted octanol–water partition coefficient (Wildman–Crippen LogP) is 4.03. The van der Waals surface area contributed by atoms with Crippen LogP contribution >= 0.6 is 0 Å². The van der Waals surface area contributed by atoms with E-state index in [1.165, 1.54) is 47.5 Å². The second kappa shape index (κ2) is 10.3. The van der Waals surface area contributed by atoms with Crippen LogP contribution in [-0.4, -0.2) is 32.9 Å². The first-order chi connectivity index (χ1) is 18.2. The summed E-state index contributed by atoms with van der Waals surface area (Å²) in [6.07, 6.45) is 0.239. The minimum atomic E-state index is -1.06. The molecule has 0 bridgehead atoms. The number of fused-ring (bicyclic) bond motifs is 1. The number of carbonyl (C=O) groups excluding carboxylic acids is 1. The highest BCUT2D eigenvalue weighted by atomic mass is 19.2. The van der Waals surface area contributed by atoms with Gasteiger partial charge in [0.1, 0.15) is 23.2 Å². The van der Waals surface area contributed by atoms with E-state index in [1.807, 2.05) is 0 Å². The molecule has 0 spiro atoms. The monoisotopic (exact) mass is 524 g/mol. The lowest BCUT2D eigenvalue weighted by Crippen LogP contribution is -2.48. The maximum Gasteiger partial charge on any atom is 0.240 e. The predicted molar refractivity (Wildman–Crippen MR) is 134 cm³/mol. The van der Waals surface area contributed by atoms with Gasteiger partial charge < -0.3 is 15.2 Å². The van der Waals surface area contributed by atoms with Crippen molar-refractivity contribution in [1.82, 2.24) is 14.5 Å². The number of halogens is 4. The molecule has 11 heteroatoms. The fourth-order valence-corrected chi connectivity index (χ4v) is 4.50. The molecule has 1 aromatic heterocycles. The van der Waals surface area contributed by atoms with Gasteiger partial charge in [0.2, 0.25) is 5.91 Å². The summed E-state index contributed by atoms with van der Waals surface area (Å²) in [7, 11) is 0. The van der Waals surface area contributed by atoms with Crippen molar-refractivity contribution < 1.29 is 22.4 Å². The molecule has 0 unspecified atom stereocenters. The summed E-state index contributed by atoms with van der Waals surface area (Å²) in [5.41, 5.74) is 8.03. The van der Waals surface area contributed by atoms with Gasteiger partial charge in [0.25, 0.3) is 0 Å². The molecule has 4 aromatic rings. The van der Waals surface area contributed by atoms with Crippen LogP contribution in [0.15, 0.2) is 66.7 Å². The lowest BCUT2D eigenvalue weighted by Gasteiger charge is -2.31. The Kier molecular flexibility index (Phi) is 6.87. The van der Waals surface area contributed by atoms with Gasteiger partial charge in [0.05, 0.1) is 18.3 Å². The topological polar surface area (TPSA) is 93.4 Å². The Morgan fingerprint density at radius 1 is 0.921 bits per heavy atom. The van der Waals surface area contributed by atoms with Gasteiger partial charge >= 0.3 is 0 Å². The highest BCUT2D eigenvalue weighted by Gasteiger charge is 2.31. The van der Waals surface area contributed by atoms with E-state index >= 15 is 0 Å². The van der Waals surface area contributed by atoms with Gasteiger partial charge in [-0.2, -0.15) is 0 Å². The summed E-state index contributed by atoms with van der Waals surface area (Å²) in [6, 6.07) is 13.9. The maximum atomic E-state index is 14.0. The van der Waals surface area contributed by atoms with Crippen molar-refractivity contribution in [2.75, 3.05) is 11.6 Å². The SMILES string of the molecule is N[C@@H](Cc1ccc(F)cc1)C(=O)N1CCn2c(nc(-c3ccc(F)cc3)c2N(N)c2ccc(F)c(F)c2)C1. The third-order valence-electron chi connectivity index (χ3n) is 6.47. The average molecular weight is 525 g/mol. The Hall–Kier alpha value is -4.22. The fraction of sp³-hybridized carbons (Fsp3) is 0.185. The number of carbonyl (C=O) groups is 1. The van der Waals surface area contributed by atoms with E-state index in [0.717, 1.165) is 17.7 Å². The van der Waals surface area contributed by atoms with Crippen LogP contribution in [0.2, 0.25) is 0 Å². The highest BCUT2D eigenvalue weighted by Crippen LogP contribution is 2.36. The number of benzene rings is 3. The van der Waals surface area contributed by atoms with Gasteiger partial charge in [0.15, 0.2) is 17.5 Å². The third-order valence-corrected chi connectivity index (χ3v) is 6.47. The largest absolute Gasteiger partial charge is 0.332 e. The zero-order valence-corrected chi connectivity index (χ0v) is 20.1. The molecular formula is C27H24F4N6O. The smallest absolute Gasteiger partial charge is 0.240 e. The van der Waals surface area contributed by atoms with E-state index in [-0.39, 0.29) is 30.4 Å². The van der Waals surface area contributed by atoms with Crippen LogP contribution in [0.5, 0.6) is 0 Å². The van der Waals surface area contributed by atoms with E-state index in [0.29, 0.717) is 36.0 Å². The van der Waals surface area contributed by atoms with Crippen molar-refractivity contribution in [2.24, 2.45) is 11.6 Å². The molecule has 0 radical (unpaired) electrons. The number of nitrogens with zero attached hydrogens (tertiary/aromatic N) is 4. The molecule has 0 saturated carbocycles. The van der Waals surface area contributed by atoms with Crippen LogP contribution in [-0.2, 0) is 24.3 Å². The number of nitrogens with two attached hydrogens (primary N) is 2. The zero-order valence-electron chi connectivity index (χ0n) is 20.1. The average Bonchev–Trinajstić information content (AvgIpc) is 3.29. The Morgan fingerprint density at radius 3 is 2.24 bits per heavy atom. The first-order valence-electron chi connectivity index (χ1n) is 11.9. The number of hydrogen-bond acceptors (Lipinski definition) is 5. The molecule has 5 rings (SSSR count). The molecular weight excluding hydrogens is 500 g/mol. The molecule has 38 heavy (non-hydrogen) atoms. The van der Waals surface area contributed by atoms with Crippen LogP contribution in [0.1, 0.15) is 11.4 Å². The zero-order chi connectivity index (χ0) is 27.0. The Labute approximate surface area is 215 Å². The summed E-state index contributed by atoms with van der Waals surface area (Å²) in [5, 5.41) is 1.19. The van der Waals surface area contributed by atoms with Crippen molar-refractivity contribution in [3.8, 4) is 11.3 Å². The lowest BCUT2D eigenvalue weighted by atomic mass is 10.1. The van der Waals surface area contributed by atoms with E-state index < -0.39 is 23.5 Å². The molecule has 3 aromatic carbocycles. The summed E-state index contributed by atoms with van der Waals surface area (Å²) < 4.78 is 56.1. The fourth-order valence-electron chi connectivity index (χ4n) is 4.50. The van der Waals surface area contributed by atoms with Gasteiger partial charge in [-0.1, -0.05) is 12.1 Å². The number of imidazole rings is 1. The number of aromatic nitrogens is 2. The maximum absolute atomic E-state index is 14.0. The molecule has 1 atom stereocenters. The highest BCUT2D eigenvalue weighted by molar-refractivity contribution is 5.82. The van der Waals surface area contributed by atoms with Crippen molar-refractivity contribution in [3.05, 3.63) is 101 Å². The number of anilines is 2. The molecule has 0 fully saturated rings. The molecule has 1 aliphatic rings. The third kappa shape index (κ3) is 4.98. The van der Waals surface area contributed by atoms with Crippen molar-refractivity contribution in [1.29, 1.82) is 0 Å². The number of hydrazine groups is 1. The Bertz CT molecular complexity index is 1470. The van der Waals surface area contributed by atoms with Gasteiger partial charge in [-0.3, -0.25) is 9.80 Å². The number of hydrogen-bond donors (Lipinski definition) is 2. The van der Waals surface area contributed by atoms with Crippen LogP contribution < -0.4 is 16.6 Å². The van der Waals surface area contributed by atoms with E-state index in [4.69, 9.17) is 16.6 Å². The summed E-state index contributed by atoms with van der Waals surface area (Å²) in [4.78, 5) is 19.4. The molecule has 1 amide bonds. The normalized spacial score (nSPS) is 13.8. The van der Waals surface area contributed by atoms with Crippen LogP contribution in [0, 0.1) is 23.3 Å². The Morgan fingerprint density at radius 2 is 1.58 bits per heavy atom. The first-order valence-corrected chi connectivity index (χ1v) is 11.9. The molecule has 4 N–H and O–H groups in total. The van der Waals surface area contributed by atoms with Gasteiger partial charge in [0, 0.05) is 24.7 Å². The summed E-state index contributed by atoms with van der Waals surface area (Å²) in [5.74, 6) is 4.08. The van der Waals surface area contributed by atoms with Crippen molar-refractivity contribution >= 4 is 17.4 Å². The van der Waals surface area contributed by atoms with E-state index in [2.05, 4.69) is 0 Å². The van der Waals surface area contributed by atoms with Crippen LogP contribution in [0.3, 0.4) is 0 Å². The van der Waals surface area contributed by atoms with Crippen molar-refractivity contribution in [3.63, 3.8) is 0 Å². The minimum Gasteiger partial charge on any atom is -0.332 e. The summed E-state index contributed by atoms with van der Waals surface area (Å²) >= 11 is 0. The second-order valence-electron chi connectivity index (χ2n) is 9.02. The quantitative estimate of drug-likeness (QED) is 0.226. The van der Waals surface area contributed by atoms with Crippen LogP contribution in [0.4, 0.5) is 29.1 Å². The molecule has 196 valence electrons.